The molecule has 18 heavy (non-hydrogen) atoms. The fraction of sp³-hybridized carbons (Fsp3) is 0.923. The summed E-state index contributed by atoms with van der Waals surface area (Å²) < 4.78 is 5.28. The first kappa shape index (κ1) is 15.4. The van der Waals surface area contributed by atoms with Crippen molar-refractivity contribution in [1.29, 1.82) is 0 Å². The molecule has 0 aromatic heterocycles. The number of carbonyl (C=O) groups is 1. The third-order valence-corrected chi connectivity index (χ3v) is 3.10. The first-order valence-electron chi connectivity index (χ1n) is 7.10. The molecule has 0 aromatic carbocycles. The van der Waals surface area contributed by atoms with Crippen LogP contribution in [0.1, 0.15) is 26.2 Å². The largest absolute Gasteiger partial charge is 0.379 e. The Kier molecular flexibility index (Phi) is 8.81. The minimum Gasteiger partial charge on any atom is -0.379 e. The summed E-state index contributed by atoms with van der Waals surface area (Å²) in [6.45, 7) is 8.92. The van der Waals surface area contributed by atoms with Crippen molar-refractivity contribution in [2.45, 2.75) is 26.2 Å². The second kappa shape index (κ2) is 10.3. The minimum absolute atomic E-state index is 0.105. The van der Waals surface area contributed by atoms with Gasteiger partial charge in [0.2, 0.25) is 5.91 Å². The fourth-order valence-corrected chi connectivity index (χ4v) is 1.93. The Morgan fingerprint density at radius 2 is 2.00 bits per heavy atom. The number of carbonyl (C=O) groups excluding carboxylic acids is 1. The smallest absolute Gasteiger partial charge is 0.233 e. The number of ether oxygens (including phenoxy) is 1. The molecule has 1 rings (SSSR count). The highest BCUT2D eigenvalue weighted by Gasteiger charge is 2.09. The van der Waals surface area contributed by atoms with Crippen LogP contribution in [-0.2, 0) is 9.53 Å². The molecule has 1 amide bonds. The second-order valence-electron chi connectivity index (χ2n) is 4.69. The summed E-state index contributed by atoms with van der Waals surface area (Å²) in [4.78, 5) is 13.8. The average molecular weight is 257 g/mol. The highest BCUT2D eigenvalue weighted by Crippen LogP contribution is 1.94. The summed E-state index contributed by atoms with van der Waals surface area (Å²) in [6.07, 6.45) is 3.45. The zero-order chi connectivity index (χ0) is 13.1. The van der Waals surface area contributed by atoms with E-state index in [1.807, 2.05) is 0 Å². The number of rotatable bonds is 9. The van der Waals surface area contributed by atoms with E-state index in [1.54, 1.807) is 0 Å². The third kappa shape index (κ3) is 7.63. The van der Waals surface area contributed by atoms with E-state index >= 15 is 0 Å². The van der Waals surface area contributed by atoms with E-state index in [0.29, 0.717) is 6.54 Å². The number of amides is 1. The van der Waals surface area contributed by atoms with E-state index in [0.717, 1.165) is 52.4 Å². The summed E-state index contributed by atoms with van der Waals surface area (Å²) in [6, 6.07) is 0. The molecule has 106 valence electrons. The fourth-order valence-electron chi connectivity index (χ4n) is 1.93. The molecule has 0 aliphatic carbocycles. The van der Waals surface area contributed by atoms with Crippen LogP contribution in [0.5, 0.6) is 0 Å². The Labute approximate surface area is 110 Å². The Balaban J connectivity index is 1.88. The summed E-state index contributed by atoms with van der Waals surface area (Å²) in [7, 11) is 0. The number of hydrogen-bond donors (Lipinski definition) is 2. The van der Waals surface area contributed by atoms with Crippen LogP contribution >= 0.6 is 0 Å². The van der Waals surface area contributed by atoms with E-state index < -0.39 is 0 Å². The number of unbranched alkanes of at least 4 members (excludes halogenated alkanes) is 2. The lowest BCUT2D eigenvalue weighted by molar-refractivity contribution is -0.120. The lowest BCUT2D eigenvalue weighted by Gasteiger charge is -2.26. The predicted octanol–water partition coefficient (Wildman–Crippen LogP) is 0.215. The van der Waals surface area contributed by atoms with Gasteiger partial charge in [-0.1, -0.05) is 19.8 Å². The van der Waals surface area contributed by atoms with E-state index in [-0.39, 0.29) is 5.91 Å². The molecule has 5 nitrogen and oxygen atoms in total. The van der Waals surface area contributed by atoms with Crippen LogP contribution in [0.4, 0.5) is 0 Å². The zero-order valence-corrected chi connectivity index (χ0v) is 11.5. The Morgan fingerprint density at radius 3 is 2.72 bits per heavy atom. The van der Waals surface area contributed by atoms with Gasteiger partial charge in [-0.15, -0.1) is 0 Å². The maximum atomic E-state index is 11.5. The van der Waals surface area contributed by atoms with E-state index in [9.17, 15) is 4.79 Å². The molecule has 0 unspecified atom stereocenters. The normalized spacial score (nSPS) is 16.7. The molecule has 1 aliphatic rings. The molecule has 0 spiro atoms. The molecule has 0 aromatic rings. The number of nitrogens with one attached hydrogen (secondary N) is 2. The predicted molar refractivity (Wildman–Crippen MR) is 72.7 cm³/mol. The number of morpholine rings is 1. The van der Waals surface area contributed by atoms with Gasteiger partial charge in [-0.2, -0.15) is 0 Å². The van der Waals surface area contributed by atoms with Crippen molar-refractivity contribution in [3.05, 3.63) is 0 Å². The Hall–Kier alpha value is -0.650. The van der Waals surface area contributed by atoms with E-state index in [4.69, 9.17) is 4.74 Å². The van der Waals surface area contributed by atoms with Crippen molar-refractivity contribution in [2.24, 2.45) is 0 Å². The lowest BCUT2D eigenvalue weighted by Crippen LogP contribution is -2.42. The maximum Gasteiger partial charge on any atom is 0.233 e. The van der Waals surface area contributed by atoms with Crippen molar-refractivity contribution in [1.82, 2.24) is 15.5 Å². The molecule has 5 heteroatoms. The van der Waals surface area contributed by atoms with Gasteiger partial charge < -0.3 is 15.4 Å². The van der Waals surface area contributed by atoms with E-state index in [2.05, 4.69) is 22.5 Å². The molecule has 1 fully saturated rings. The first-order chi connectivity index (χ1) is 8.83. The molecule has 0 saturated carbocycles. The van der Waals surface area contributed by atoms with Crippen LogP contribution in [0.3, 0.4) is 0 Å². The molecule has 0 radical (unpaired) electrons. The van der Waals surface area contributed by atoms with Gasteiger partial charge in [-0.3, -0.25) is 9.69 Å². The summed E-state index contributed by atoms with van der Waals surface area (Å²) in [5, 5.41) is 6.10. The van der Waals surface area contributed by atoms with Gasteiger partial charge in [0.25, 0.3) is 0 Å². The van der Waals surface area contributed by atoms with Gasteiger partial charge >= 0.3 is 0 Å². The first-order valence-corrected chi connectivity index (χ1v) is 7.10. The van der Waals surface area contributed by atoms with Crippen molar-refractivity contribution < 1.29 is 9.53 Å². The highest BCUT2D eigenvalue weighted by atomic mass is 16.5. The standard InChI is InChI=1S/C13H27N3O2/c1-2-3-4-5-15-13(17)12-14-6-7-16-8-10-18-11-9-16/h14H,2-12H2,1H3,(H,15,17). The summed E-state index contributed by atoms with van der Waals surface area (Å²) in [5.74, 6) is 0.105. The maximum absolute atomic E-state index is 11.5. The zero-order valence-electron chi connectivity index (χ0n) is 11.5. The summed E-state index contributed by atoms with van der Waals surface area (Å²) in [5.41, 5.74) is 0. The van der Waals surface area contributed by atoms with Crippen LogP contribution < -0.4 is 10.6 Å². The van der Waals surface area contributed by atoms with Gasteiger partial charge in [0.1, 0.15) is 0 Å². The molecular formula is C13H27N3O2. The molecule has 0 atom stereocenters. The quantitative estimate of drug-likeness (QED) is 0.580. The van der Waals surface area contributed by atoms with Gasteiger partial charge in [0, 0.05) is 32.7 Å². The van der Waals surface area contributed by atoms with Crippen molar-refractivity contribution in [2.75, 3.05) is 52.5 Å². The monoisotopic (exact) mass is 257 g/mol. The molecule has 0 bridgehead atoms. The van der Waals surface area contributed by atoms with Gasteiger partial charge in [0.15, 0.2) is 0 Å². The van der Waals surface area contributed by atoms with Crippen LogP contribution in [-0.4, -0.2) is 63.3 Å². The molecule has 1 aliphatic heterocycles. The van der Waals surface area contributed by atoms with Crippen LogP contribution in [0, 0.1) is 0 Å². The van der Waals surface area contributed by atoms with Crippen LogP contribution in [0.15, 0.2) is 0 Å². The number of nitrogens with zero attached hydrogens (tertiary/aromatic N) is 1. The highest BCUT2D eigenvalue weighted by molar-refractivity contribution is 5.77. The van der Waals surface area contributed by atoms with Crippen LogP contribution in [0.2, 0.25) is 0 Å². The molecule has 2 N–H and O–H groups in total. The topological polar surface area (TPSA) is 53.6 Å². The summed E-state index contributed by atoms with van der Waals surface area (Å²) >= 11 is 0. The third-order valence-electron chi connectivity index (χ3n) is 3.10. The van der Waals surface area contributed by atoms with Gasteiger partial charge in [0.05, 0.1) is 19.8 Å². The van der Waals surface area contributed by atoms with Crippen molar-refractivity contribution >= 4 is 5.91 Å². The molecule has 1 saturated heterocycles. The van der Waals surface area contributed by atoms with E-state index in [1.165, 1.54) is 12.8 Å². The molecular weight excluding hydrogens is 230 g/mol. The van der Waals surface area contributed by atoms with Gasteiger partial charge in [-0.05, 0) is 6.42 Å². The average Bonchev–Trinajstić information content (AvgIpc) is 2.41. The van der Waals surface area contributed by atoms with Crippen molar-refractivity contribution in [3.8, 4) is 0 Å². The van der Waals surface area contributed by atoms with Crippen LogP contribution in [0.25, 0.3) is 0 Å². The second-order valence-corrected chi connectivity index (χ2v) is 4.69. The minimum atomic E-state index is 0.105. The SMILES string of the molecule is CCCCCNC(=O)CNCCN1CCOCC1. The van der Waals surface area contributed by atoms with Crippen molar-refractivity contribution in [3.63, 3.8) is 0 Å². The van der Waals surface area contributed by atoms with Gasteiger partial charge in [-0.25, -0.2) is 0 Å². The Morgan fingerprint density at radius 1 is 1.22 bits per heavy atom. The Bertz CT molecular complexity index is 218. The number of hydrogen-bond acceptors (Lipinski definition) is 4. The molecule has 1 heterocycles. The lowest BCUT2D eigenvalue weighted by atomic mass is 10.2.